The topological polar surface area (TPSA) is 50.3 Å². The monoisotopic (exact) mass is 532 g/mol. The number of anilines is 3. The number of hydrogen-bond donors (Lipinski definition) is 0. The van der Waals surface area contributed by atoms with Crippen molar-refractivity contribution >= 4 is 46.0 Å². The van der Waals surface area contributed by atoms with Crippen molar-refractivity contribution < 1.29 is 18.4 Å². The number of rotatable bonds is 4. The van der Waals surface area contributed by atoms with Crippen molar-refractivity contribution in [1.29, 1.82) is 0 Å². The molecule has 7 rings (SSSR count). The summed E-state index contributed by atoms with van der Waals surface area (Å²) in [6.45, 7) is 0. The Morgan fingerprint density at radius 1 is 0.718 bits per heavy atom. The average molecular weight is 533 g/mol. The zero-order valence-corrected chi connectivity index (χ0v) is 21.1. The van der Waals surface area contributed by atoms with Crippen LogP contribution in [0.25, 0.3) is 16.5 Å². The summed E-state index contributed by atoms with van der Waals surface area (Å²) in [4.78, 5) is 32.3. The molecular weight excluding hydrogens is 514 g/mol. The van der Waals surface area contributed by atoms with Crippen molar-refractivity contribution in [3.63, 3.8) is 0 Å². The summed E-state index contributed by atoms with van der Waals surface area (Å²) in [6, 6.07) is 28.9. The van der Waals surface area contributed by atoms with Crippen molar-refractivity contribution in [1.82, 2.24) is 4.98 Å². The zero-order chi connectivity index (χ0) is 26.7. The van der Waals surface area contributed by atoms with Crippen LogP contribution in [-0.2, 0) is 5.92 Å². The van der Waals surface area contributed by atoms with Crippen molar-refractivity contribution in [2.75, 3.05) is 4.90 Å². The summed E-state index contributed by atoms with van der Waals surface area (Å²) in [5.41, 5.74) is 2.88. The Morgan fingerprint density at radius 2 is 1.41 bits per heavy atom. The number of allylic oxidation sites excluding steroid dienone is 1. The van der Waals surface area contributed by atoms with E-state index in [4.69, 9.17) is 0 Å². The van der Waals surface area contributed by atoms with Crippen molar-refractivity contribution in [3.05, 3.63) is 136 Å². The number of thiophene rings is 1. The number of benzene rings is 3. The van der Waals surface area contributed by atoms with E-state index in [1.165, 1.54) is 18.3 Å². The lowest BCUT2D eigenvalue weighted by molar-refractivity contribution is 0.0483. The SMILES string of the molecule is O=C1/C(=C\c2cc3c(s2)-c2ccc(N(c4ccccc4)c4ccccc4)cc2C3(F)F)C(=O)c2ncccc21. The van der Waals surface area contributed by atoms with Gasteiger partial charge in [0.2, 0.25) is 5.78 Å². The van der Waals surface area contributed by atoms with E-state index < -0.39 is 17.5 Å². The van der Waals surface area contributed by atoms with Crippen LogP contribution in [0, 0.1) is 0 Å². The van der Waals surface area contributed by atoms with Gasteiger partial charge in [0.05, 0.1) is 11.1 Å². The molecule has 2 heterocycles. The minimum Gasteiger partial charge on any atom is -0.310 e. The lowest BCUT2D eigenvalue weighted by atomic mass is 10.0. The Bertz CT molecular complexity index is 1750. The van der Waals surface area contributed by atoms with E-state index >= 15 is 8.78 Å². The predicted molar refractivity (Wildman–Crippen MR) is 148 cm³/mol. The highest BCUT2D eigenvalue weighted by atomic mass is 32.1. The highest BCUT2D eigenvalue weighted by Gasteiger charge is 2.46. The van der Waals surface area contributed by atoms with Gasteiger partial charge < -0.3 is 4.90 Å². The van der Waals surface area contributed by atoms with Gasteiger partial charge in [0.25, 0.3) is 0 Å². The zero-order valence-electron chi connectivity index (χ0n) is 20.3. The number of carbonyl (C=O) groups excluding carboxylic acids is 2. The minimum absolute atomic E-state index is 0.0520. The molecule has 2 aromatic heterocycles. The van der Waals surface area contributed by atoms with Crippen LogP contribution >= 0.6 is 11.3 Å². The first-order chi connectivity index (χ1) is 18.9. The third-order valence-corrected chi connectivity index (χ3v) is 8.12. The summed E-state index contributed by atoms with van der Waals surface area (Å²) < 4.78 is 31.8. The maximum absolute atomic E-state index is 15.9. The van der Waals surface area contributed by atoms with Gasteiger partial charge >= 0.3 is 5.92 Å². The molecule has 0 atom stereocenters. The van der Waals surface area contributed by atoms with Crippen molar-refractivity contribution in [2.45, 2.75) is 5.92 Å². The normalized spacial score (nSPS) is 15.8. The fraction of sp³-hybridized carbons (Fsp3) is 0.0312. The van der Waals surface area contributed by atoms with Crippen LogP contribution in [0.2, 0.25) is 0 Å². The molecule has 39 heavy (non-hydrogen) atoms. The molecule has 0 N–H and O–H groups in total. The van der Waals surface area contributed by atoms with Gasteiger partial charge in [0.15, 0.2) is 5.78 Å². The van der Waals surface area contributed by atoms with Gasteiger partial charge in [0, 0.05) is 49.7 Å². The molecule has 3 aromatic carbocycles. The fourth-order valence-electron chi connectivity index (χ4n) is 5.21. The first-order valence-electron chi connectivity index (χ1n) is 12.3. The Labute approximate surface area is 226 Å². The Morgan fingerprint density at radius 3 is 2.08 bits per heavy atom. The van der Waals surface area contributed by atoms with Gasteiger partial charge in [-0.2, -0.15) is 8.78 Å². The van der Waals surface area contributed by atoms with Crippen LogP contribution in [0.15, 0.2) is 109 Å². The number of aromatic nitrogens is 1. The summed E-state index contributed by atoms with van der Waals surface area (Å²) in [7, 11) is 0. The first kappa shape index (κ1) is 23.4. The smallest absolute Gasteiger partial charge is 0.300 e. The summed E-state index contributed by atoms with van der Waals surface area (Å²) >= 11 is 1.15. The molecule has 2 aliphatic rings. The number of para-hydroxylation sites is 2. The van der Waals surface area contributed by atoms with Crippen molar-refractivity contribution in [2.24, 2.45) is 0 Å². The molecule has 2 aliphatic carbocycles. The number of Topliss-reactive ketones (excluding diaryl/α,β-unsaturated/α-hetero) is 2. The number of carbonyl (C=O) groups is 2. The van der Waals surface area contributed by atoms with E-state index in [0.717, 1.165) is 22.7 Å². The lowest BCUT2D eigenvalue weighted by Gasteiger charge is -2.26. The quantitative estimate of drug-likeness (QED) is 0.173. The van der Waals surface area contributed by atoms with Gasteiger partial charge in [0.1, 0.15) is 5.69 Å². The number of hydrogen-bond acceptors (Lipinski definition) is 5. The molecular formula is C32H18F2N2O2S. The number of alkyl halides is 2. The van der Waals surface area contributed by atoms with E-state index in [1.54, 1.807) is 24.3 Å². The number of halogens is 2. The van der Waals surface area contributed by atoms with Gasteiger partial charge in [-0.3, -0.25) is 14.6 Å². The maximum Gasteiger partial charge on any atom is 0.300 e. The fourth-order valence-corrected chi connectivity index (χ4v) is 6.38. The Balaban J connectivity index is 1.30. The van der Waals surface area contributed by atoms with Crippen LogP contribution in [0.1, 0.15) is 36.9 Å². The van der Waals surface area contributed by atoms with E-state index in [9.17, 15) is 9.59 Å². The molecule has 0 fully saturated rings. The second kappa shape index (κ2) is 8.64. The molecule has 4 nitrogen and oxygen atoms in total. The molecule has 0 amide bonds. The largest absolute Gasteiger partial charge is 0.310 e. The van der Waals surface area contributed by atoms with E-state index in [1.807, 2.05) is 71.6 Å². The highest BCUT2D eigenvalue weighted by Crippen LogP contribution is 2.56. The minimum atomic E-state index is -3.23. The van der Waals surface area contributed by atoms with Gasteiger partial charge in [-0.1, -0.05) is 42.5 Å². The molecule has 0 unspecified atom stereocenters. The molecule has 0 radical (unpaired) electrons. The second-order valence-electron chi connectivity index (χ2n) is 9.32. The molecule has 0 saturated carbocycles. The van der Waals surface area contributed by atoms with Crippen LogP contribution in [0.5, 0.6) is 0 Å². The lowest BCUT2D eigenvalue weighted by Crippen LogP contribution is -2.13. The van der Waals surface area contributed by atoms with E-state index in [2.05, 4.69) is 4.98 Å². The standard InChI is InChI=1S/C32H18F2N2O2S/c33-32(34)26-16-21(36(19-8-3-1-4-9-19)20-10-5-2-6-11-20)13-14-23(26)31-27(32)18-22(39-31)17-25-29(37)24-12-7-15-35-28(24)30(25)38/h1-18H/b25-17+. The molecule has 5 aromatic rings. The van der Waals surface area contributed by atoms with Crippen LogP contribution in [-0.4, -0.2) is 16.6 Å². The average Bonchev–Trinajstić information content (AvgIpc) is 3.56. The van der Waals surface area contributed by atoms with Crippen LogP contribution in [0.4, 0.5) is 25.8 Å². The first-order valence-corrected chi connectivity index (χ1v) is 13.1. The van der Waals surface area contributed by atoms with Crippen LogP contribution in [0.3, 0.4) is 0 Å². The van der Waals surface area contributed by atoms with Crippen molar-refractivity contribution in [3.8, 4) is 10.4 Å². The maximum atomic E-state index is 15.9. The summed E-state index contributed by atoms with van der Waals surface area (Å²) in [5, 5.41) is 0. The number of pyridine rings is 1. The Hall–Kier alpha value is -4.75. The number of fused-ring (bicyclic) bond motifs is 4. The second-order valence-corrected chi connectivity index (χ2v) is 10.4. The third kappa shape index (κ3) is 3.58. The van der Waals surface area contributed by atoms with Gasteiger partial charge in [-0.05, 0) is 60.7 Å². The Kier molecular flexibility index (Phi) is 5.18. The molecule has 188 valence electrons. The summed E-state index contributed by atoms with van der Waals surface area (Å²) in [6.07, 6.45) is 2.86. The van der Waals surface area contributed by atoms with Gasteiger partial charge in [-0.25, -0.2) is 0 Å². The molecule has 0 bridgehead atoms. The van der Waals surface area contributed by atoms with E-state index in [0.29, 0.717) is 21.0 Å². The number of nitrogens with zero attached hydrogens (tertiary/aromatic N) is 2. The van der Waals surface area contributed by atoms with Crippen LogP contribution < -0.4 is 4.90 Å². The molecule has 0 spiro atoms. The predicted octanol–water partition coefficient (Wildman–Crippen LogP) is 8.20. The molecule has 0 saturated heterocycles. The summed E-state index contributed by atoms with van der Waals surface area (Å²) in [5.74, 6) is -4.15. The third-order valence-electron chi connectivity index (χ3n) is 7.01. The molecule has 0 aliphatic heterocycles. The molecule has 7 heteroatoms. The number of ketones is 2. The highest BCUT2D eigenvalue weighted by molar-refractivity contribution is 7.16. The van der Waals surface area contributed by atoms with Gasteiger partial charge in [-0.15, -0.1) is 11.3 Å². The van der Waals surface area contributed by atoms with E-state index in [-0.39, 0.29) is 28.0 Å².